The maximum atomic E-state index is 12.6. The van der Waals surface area contributed by atoms with E-state index in [9.17, 15) is 23.4 Å². The average molecular weight is 348 g/mol. The van der Waals surface area contributed by atoms with Crippen LogP contribution in [0.3, 0.4) is 0 Å². The van der Waals surface area contributed by atoms with Crippen molar-refractivity contribution in [2.75, 3.05) is 5.33 Å². The van der Waals surface area contributed by atoms with E-state index in [4.69, 9.17) is 11.6 Å². The van der Waals surface area contributed by atoms with Crippen molar-refractivity contribution in [3.63, 3.8) is 0 Å². The zero-order valence-corrected chi connectivity index (χ0v) is 11.4. The molecule has 0 saturated heterocycles. The first-order chi connectivity index (χ1) is 8.25. The Morgan fingerprint density at radius 2 is 1.83 bits per heavy atom. The zero-order valence-electron chi connectivity index (χ0n) is 9.09. The predicted octanol–water partition coefficient (Wildman–Crippen LogP) is 3.54. The van der Waals surface area contributed by atoms with E-state index in [1.807, 2.05) is 0 Å². The second kappa shape index (κ2) is 6.23. The second-order valence-electron chi connectivity index (χ2n) is 3.76. The molecule has 0 radical (unpaired) electrons. The van der Waals surface area contributed by atoms with E-state index in [1.54, 1.807) is 0 Å². The number of hydrogen-bond acceptors (Lipinski definition) is 2. The van der Waals surface area contributed by atoms with Crippen molar-refractivity contribution in [2.24, 2.45) is 0 Å². The van der Waals surface area contributed by atoms with Gasteiger partial charge in [0.1, 0.15) is 6.10 Å². The Labute approximate surface area is 116 Å². The molecule has 2 N–H and O–H groups in total. The molecule has 0 bridgehead atoms. The summed E-state index contributed by atoms with van der Waals surface area (Å²) in [7, 11) is 0. The van der Waals surface area contributed by atoms with E-state index in [-0.39, 0.29) is 17.0 Å². The third kappa shape index (κ3) is 4.12. The Kier molecular flexibility index (Phi) is 5.46. The molecular weight excluding hydrogens is 336 g/mol. The van der Waals surface area contributed by atoms with Gasteiger partial charge in [-0.05, 0) is 30.2 Å². The predicted molar refractivity (Wildman–Crippen MR) is 65.8 cm³/mol. The molecule has 0 amide bonds. The highest BCUT2D eigenvalue weighted by Crippen LogP contribution is 2.34. The van der Waals surface area contributed by atoms with Gasteiger partial charge in [-0.15, -0.1) is 0 Å². The van der Waals surface area contributed by atoms with Crippen molar-refractivity contribution in [2.45, 2.75) is 24.8 Å². The van der Waals surface area contributed by atoms with Gasteiger partial charge in [-0.3, -0.25) is 0 Å². The number of aliphatic hydroxyl groups is 2. The van der Waals surface area contributed by atoms with Gasteiger partial charge in [-0.25, -0.2) is 0 Å². The lowest BCUT2D eigenvalue weighted by atomic mass is 10.0. The lowest BCUT2D eigenvalue weighted by Gasteiger charge is -2.19. The minimum absolute atomic E-state index is 0.0525. The highest BCUT2D eigenvalue weighted by atomic mass is 79.9. The average Bonchev–Trinajstić information content (AvgIpc) is 2.26. The van der Waals surface area contributed by atoms with Crippen LogP contribution in [0.2, 0.25) is 5.02 Å². The number of aliphatic hydroxyl groups excluding tert-OH is 2. The Morgan fingerprint density at radius 3 is 2.33 bits per heavy atom. The molecule has 0 aliphatic carbocycles. The lowest BCUT2D eigenvalue weighted by molar-refractivity contribution is -0.137. The lowest BCUT2D eigenvalue weighted by Crippen LogP contribution is -2.19. The summed E-state index contributed by atoms with van der Waals surface area (Å²) in [4.78, 5) is 0. The molecule has 2 unspecified atom stereocenters. The van der Waals surface area contributed by atoms with Gasteiger partial charge >= 0.3 is 6.18 Å². The summed E-state index contributed by atoms with van der Waals surface area (Å²) in [6.07, 6.45) is -6.87. The van der Waals surface area contributed by atoms with Crippen LogP contribution in [0.4, 0.5) is 13.2 Å². The Morgan fingerprint density at radius 1 is 1.22 bits per heavy atom. The minimum atomic E-state index is -4.54. The van der Waals surface area contributed by atoms with Crippen LogP contribution in [0, 0.1) is 0 Å². The molecule has 2 nitrogen and oxygen atoms in total. The second-order valence-corrected chi connectivity index (χ2v) is 4.99. The number of rotatable bonds is 4. The molecule has 0 aliphatic heterocycles. The van der Waals surface area contributed by atoms with Gasteiger partial charge in [-0.2, -0.15) is 13.2 Å². The fourth-order valence-corrected chi connectivity index (χ4v) is 2.15. The van der Waals surface area contributed by atoms with Crippen molar-refractivity contribution in [1.82, 2.24) is 0 Å². The Balaban J connectivity index is 3.06. The van der Waals surface area contributed by atoms with Crippen molar-refractivity contribution in [3.8, 4) is 0 Å². The molecular formula is C11H11BrClF3O2. The van der Waals surface area contributed by atoms with Gasteiger partial charge in [0, 0.05) is 10.4 Å². The van der Waals surface area contributed by atoms with Gasteiger partial charge in [0.2, 0.25) is 0 Å². The van der Waals surface area contributed by atoms with Crippen LogP contribution in [0.5, 0.6) is 0 Å². The molecule has 7 heteroatoms. The Bertz CT molecular complexity index is 412. The monoisotopic (exact) mass is 346 g/mol. The van der Waals surface area contributed by atoms with Crippen LogP contribution < -0.4 is 0 Å². The van der Waals surface area contributed by atoms with Crippen molar-refractivity contribution in [3.05, 3.63) is 34.3 Å². The zero-order chi connectivity index (χ0) is 13.9. The molecule has 0 aliphatic rings. The SMILES string of the molecule is OC(CCBr)C(O)c1cc(Cl)cc(C(F)(F)F)c1. The van der Waals surface area contributed by atoms with Crippen LogP contribution in [0.15, 0.2) is 18.2 Å². The largest absolute Gasteiger partial charge is 0.416 e. The van der Waals surface area contributed by atoms with Crippen LogP contribution in [-0.4, -0.2) is 21.6 Å². The van der Waals surface area contributed by atoms with Gasteiger partial charge in [0.05, 0.1) is 11.7 Å². The van der Waals surface area contributed by atoms with E-state index < -0.39 is 23.9 Å². The topological polar surface area (TPSA) is 40.5 Å². The molecule has 0 aromatic heterocycles. The summed E-state index contributed by atoms with van der Waals surface area (Å²) in [5.41, 5.74) is -1.00. The molecule has 2 atom stereocenters. The molecule has 0 saturated carbocycles. The van der Waals surface area contributed by atoms with Crippen LogP contribution in [0.25, 0.3) is 0 Å². The highest BCUT2D eigenvalue weighted by molar-refractivity contribution is 9.09. The van der Waals surface area contributed by atoms with Gasteiger partial charge in [0.15, 0.2) is 0 Å². The van der Waals surface area contributed by atoms with E-state index in [0.29, 0.717) is 5.33 Å². The van der Waals surface area contributed by atoms with Crippen LogP contribution >= 0.6 is 27.5 Å². The van der Waals surface area contributed by atoms with Gasteiger partial charge in [-0.1, -0.05) is 27.5 Å². The molecule has 0 heterocycles. The van der Waals surface area contributed by atoms with E-state index >= 15 is 0 Å². The fraction of sp³-hybridized carbons (Fsp3) is 0.455. The number of alkyl halides is 4. The maximum Gasteiger partial charge on any atom is 0.416 e. The molecule has 0 spiro atoms. The maximum absolute atomic E-state index is 12.6. The van der Waals surface area contributed by atoms with E-state index in [2.05, 4.69) is 15.9 Å². The first kappa shape index (κ1) is 15.8. The molecule has 1 rings (SSSR count). The van der Waals surface area contributed by atoms with E-state index in [0.717, 1.165) is 12.1 Å². The van der Waals surface area contributed by atoms with Crippen LogP contribution in [0.1, 0.15) is 23.7 Å². The van der Waals surface area contributed by atoms with Crippen LogP contribution in [-0.2, 0) is 6.18 Å². The third-order valence-electron chi connectivity index (χ3n) is 2.36. The molecule has 1 aromatic rings. The third-order valence-corrected chi connectivity index (χ3v) is 3.03. The molecule has 1 aromatic carbocycles. The summed E-state index contributed by atoms with van der Waals surface area (Å²) in [6, 6.07) is 2.77. The molecule has 18 heavy (non-hydrogen) atoms. The highest BCUT2D eigenvalue weighted by Gasteiger charge is 2.32. The number of benzene rings is 1. The number of halogens is 5. The van der Waals surface area contributed by atoms with Gasteiger partial charge < -0.3 is 10.2 Å². The minimum Gasteiger partial charge on any atom is -0.390 e. The summed E-state index contributed by atoms with van der Waals surface area (Å²) in [5, 5.41) is 19.6. The normalized spacial score (nSPS) is 15.5. The van der Waals surface area contributed by atoms with Crippen molar-refractivity contribution >= 4 is 27.5 Å². The summed E-state index contributed by atoms with van der Waals surface area (Å²) < 4.78 is 37.7. The van der Waals surface area contributed by atoms with Crippen molar-refractivity contribution in [1.29, 1.82) is 0 Å². The van der Waals surface area contributed by atoms with Crippen molar-refractivity contribution < 1.29 is 23.4 Å². The Hall–Kier alpha value is -0.300. The molecule has 102 valence electrons. The quantitative estimate of drug-likeness (QED) is 0.818. The van der Waals surface area contributed by atoms with Gasteiger partial charge in [0.25, 0.3) is 0 Å². The first-order valence-corrected chi connectivity index (χ1v) is 6.55. The first-order valence-electron chi connectivity index (χ1n) is 5.05. The summed E-state index contributed by atoms with van der Waals surface area (Å²) in [5.74, 6) is 0. The number of hydrogen-bond donors (Lipinski definition) is 2. The summed E-state index contributed by atoms with van der Waals surface area (Å²) in [6.45, 7) is 0. The summed E-state index contributed by atoms with van der Waals surface area (Å²) >= 11 is 8.65. The smallest absolute Gasteiger partial charge is 0.390 e. The molecule has 0 fully saturated rings. The fourth-order valence-electron chi connectivity index (χ4n) is 1.44. The van der Waals surface area contributed by atoms with E-state index in [1.165, 1.54) is 6.07 Å². The standard InChI is InChI=1S/C11H11BrClF3O2/c12-2-1-9(17)10(18)6-3-7(11(14,15)16)5-8(13)4-6/h3-5,9-10,17-18H,1-2H2.